The van der Waals surface area contributed by atoms with Crippen molar-refractivity contribution < 1.29 is 17.9 Å². The number of hydrogen-bond acceptors (Lipinski definition) is 4. The first-order valence-electron chi connectivity index (χ1n) is 8.11. The van der Waals surface area contributed by atoms with Crippen LogP contribution >= 0.6 is 0 Å². The fraction of sp³-hybridized carbons (Fsp3) is 0.353. The standard InChI is InChI=1S/C17H19F3N6O/c1-24(2)11-21-15-5-4-14-16(23-15)13(10-25(14)6-7-27-3)12-8-22-26(9-12)17(18,19)20/h4-5,8-11H,6-7H2,1-3H3/b21-11+. The quantitative estimate of drug-likeness (QED) is 0.487. The van der Waals surface area contributed by atoms with Gasteiger partial charge in [0.1, 0.15) is 0 Å². The molecule has 0 aliphatic rings. The number of methoxy groups -OCH3 is 1. The van der Waals surface area contributed by atoms with E-state index in [-0.39, 0.29) is 4.68 Å². The molecule has 27 heavy (non-hydrogen) atoms. The number of aliphatic imine (C=N–C) groups is 1. The lowest BCUT2D eigenvalue weighted by molar-refractivity contribution is -0.212. The minimum atomic E-state index is -4.57. The van der Waals surface area contributed by atoms with Crippen LogP contribution in [0.25, 0.3) is 22.2 Å². The molecule has 0 saturated heterocycles. The molecule has 0 radical (unpaired) electrons. The summed E-state index contributed by atoms with van der Waals surface area (Å²) in [4.78, 5) is 10.5. The van der Waals surface area contributed by atoms with Gasteiger partial charge in [-0.3, -0.25) is 0 Å². The summed E-state index contributed by atoms with van der Waals surface area (Å²) in [6.07, 6.45) is 0.930. The number of alkyl halides is 3. The zero-order valence-corrected chi connectivity index (χ0v) is 15.1. The van der Waals surface area contributed by atoms with Gasteiger partial charge >= 0.3 is 6.30 Å². The van der Waals surface area contributed by atoms with Gasteiger partial charge in [-0.1, -0.05) is 0 Å². The van der Waals surface area contributed by atoms with E-state index in [1.54, 1.807) is 30.6 Å². The topological polar surface area (TPSA) is 60.5 Å². The fourth-order valence-electron chi connectivity index (χ4n) is 2.59. The van der Waals surface area contributed by atoms with E-state index in [0.29, 0.717) is 35.6 Å². The van der Waals surface area contributed by atoms with E-state index in [9.17, 15) is 13.2 Å². The second-order valence-electron chi connectivity index (χ2n) is 6.12. The van der Waals surface area contributed by atoms with Crippen LogP contribution in [0, 0.1) is 0 Å². The lowest BCUT2D eigenvalue weighted by Gasteiger charge is -2.04. The van der Waals surface area contributed by atoms with Gasteiger partial charge in [0.25, 0.3) is 0 Å². The number of halogens is 3. The van der Waals surface area contributed by atoms with E-state index >= 15 is 0 Å². The number of aromatic nitrogens is 4. The van der Waals surface area contributed by atoms with Crippen molar-refractivity contribution in [2.75, 3.05) is 27.8 Å². The van der Waals surface area contributed by atoms with E-state index in [0.717, 1.165) is 11.7 Å². The van der Waals surface area contributed by atoms with E-state index in [2.05, 4.69) is 15.1 Å². The number of nitrogens with zero attached hydrogens (tertiary/aromatic N) is 6. The first kappa shape index (κ1) is 18.9. The summed E-state index contributed by atoms with van der Waals surface area (Å²) in [7, 11) is 5.26. The third-order valence-electron chi connectivity index (χ3n) is 3.82. The molecule has 7 nitrogen and oxygen atoms in total. The molecule has 3 aromatic heterocycles. The molecule has 0 bridgehead atoms. The van der Waals surface area contributed by atoms with Gasteiger partial charge < -0.3 is 14.2 Å². The van der Waals surface area contributed by atoms with Crippen molar-refractivity contribution in [3.63, 3.8) is 0 Å². The normalized spacial score (nSPS) is 12.4. The second kappa shape index (κ2) is 7.39. The molecule has 0 unspecified atom stereocenters. The Bertz CT molecular complexity index is 957. The van der Waals surface area contributed by atoms with Crippen molar-refractivity contribution in [2.45, 2.75) is 12.8 Å². The summed E-state index contributed by atoms with van der Waals surface area (Å²) in [5, 5.41) is 3.42. The van der Waals surface area contributed by atoms with E-state index in [1.165, 1.54) is 6.20 Å². The van der Waals surface area contributed by atoms with Gasteiger partial charge in [0.15, 0.2) is 5.82 Å². The zero-order valence-electron chi connectivity index (χ0n) is 15.1. The predicted octanol–water partition coefficient (Wildman–Crippen LogP) is 3.24. The molecule has 0 spiro atoms. The Morgan fingerprint density at radius 3 is 2.67 bits per heavy atom. The third kappa shape index (κ3) is 4.11. The number of rotatable bonds is 6. The highest BCUT2D eigenvalue weighted by Crippen LogP contribution is 2.32. The van der Waals surface area contributed by atoms with E-state index < -0.39 is 6.30 Å². The summed E-state index contributed by atoms with van der Waals surface area (Å²) in [6.45, 7) is 1.01. The summed E-state index contributed by atoms with van der Waals surface area (Å²) >= 11 is 0. The molecular formula is C17H19F3N6O. The van der Waals surface area contributed by atoms with Crippen LogP contribution in [-0.4, -0.2) is 58.4 Å². The van der Waals surface area contributed by atoms with Crippen molar-refractivity contribution in [3.05, 3.63) is 30.7 Å². The predicted molar refractivity (Wildman–Crippen MR) is 96.0 cm³/mol. The Hall–Kier alpha value is -2.88. The van der Waals surface area contributed by atoms with Crippen molar-refractivity contribution in [2.24, 2.45) is 4.99 Å². The van der Waals surface area contributed by atoms with Gasteiger partial charge in [-0.2, -0.15) is 9.78 Å². The molecule has 0 N–H and O–H groups in total. The van der Waals surface area contributed by atoms with Crippen LogP contribution in [0.5, 0.6) is 0 Å². The summed E-state index contributed by atoms with van der Waals surface area (Å²) in [5.74, 6) is 0.463. The molecule has 3 aromatic rings. The molecule has 0 amide bonds. The lowest BCUT2D eigenvalue weighted by Crippen LogP contribution is -2.16. The Labute approximate surface area is 153 Å². The van der Waals surface area contributed by atoms with Crippen molar-refractivity contribution in [3.8, 4) is 11.1 Å². The smallest absolute Gasteiger partial charge is 0.383 e. The van der Waals surface area contributed by atoms with Crippen LogP contribution in [0.3, 0.4) is 0 Å². The van der Waals surface area contributed by atoms with E-state index in [4.69, 9.17) is 4.74 Å². The molecule has 144 valence electrons. The monoisotopic (exact) mass is 380 g/mol. The Balaban J connectivity index is 2.11. The van der Waals surface area contributed by atoms with Gasteiger partial charge in [0, 0.05) is 51.3 Å². The molecular weight excluding hydrogens is 361 g/mol. The highest BCUT2D eigenvalue weighted by molar-refractivity contribution is 5.93. The maximum absolute atomic E-state index is 12.9. The van der Waals surface area contributed by atoms with Crippen LogP contribution in [0.2, 0.25) is 0 Å². The summed E-state index contributed by atoms with van der Waals surface area (Å²) in [6, 6.07) is 3.60. The molecule has 0 aliphatic carbocycles. The Morgan fingerprint density at radius 2 is 2.04 bits per heavy atom. The number of ether oxygens (including phenoxy) is 1. The largest absolute Gasteiger partial charge is 0.504 e. The van der Waals surface area contributed by atoms with E-state index in [1.807, 2.05) is 24.7 Å². The van der Waals surface area contributed by atoms with Crippen LogP contribution in [0.1, 0.15) is 0 Å². The number of pyridine rings is 1. The molecule has 10 heteroatoms. The zero-order chi connectivity index (χ0) is 19.6. The Morgan fingerprint density at radius 1 is 1.26 bits per heavy atom. The second-order valence-corrected chi connectivity index (χ2v) is 6.12. The third-order valence-corrected chi connectivity index (χ3v) is 3.82. The van der Waals surface area contributed by atoms with Gasteiger partial charge in [-0.05, 0) is 12.1 Å². The van der Waals surface area contributed by atoms with Gasteiger partial charge in [-0.15, -0.1) is 13.2 Å². The first-order chi connectivity index (χ1) is 12.8. The molecule has 0 saturated carbocycles. The van der Waals surface area contributed by atoms with Gasteiger partial charge in [0.2, 0.25) is 0 Å². The fourth-order valence-corrected chi connectivity index (χ4v) is 2.59. The van der Waals surface area contributed by atoms with Crippen LogP contribution in [-0.2, 0) is 17.6 Å². The van der Waals surface area contributed by atoms with Gasteiger partial charge in [0.05, 0.1) is 30.2 Å². The Kier molecular flexibility index (Phi) is 5.17. The highest BCUT2D eigenvalue weighted by Gasteiger charge is 2.32. The molecule has 0 atom stereocenters. The van der Waals surface area contributed by atoms with Crippen LogP contribution < -0.4 is 0 Å². The molecule has 3 heterocycles. The average Bonchev–Trinajstić information content (AvgIpc) is 3.22. The van der Waals surface area contributed by atoms with Crippen LogP contribution in [0.15, 0.2) is 35.7 Å². The summed E-state index contributed by atoms with van der Waals surface area (Å²) < 4.78 is 45.6. The average molecular weight is 380 g/mol. The van der Waals surface area contributed by atoms with Gasteiger partial charge in [-0.25, -0.2) is 9.98 Å². The lowest BCUT2D eigenvalue weighted by atomic mass is 10.1. The SMILES string of the molecule is COCCn1cc(-c2cnn(C(F)(F)F)c2)c2nc(/N=C/N(C)C)ccc21. The minimum Gasteiger partial charge on any atom is -0.383 e. The molecule has 0 fully saturated rings. The minimum absolute atomic E-state index is 0.0191. The number of hydrogen-bond donors (Lipinski definition) is 0. The molecule has 3 rings (SSSR count). The molecule has 0 aromatic carbocycles. The van der Waals surface area contributed by atoms with Crippen LogP contribution in [0.4, 0.5) is 19.0 Å². The first-order valence-corrected chi connectivity index (χ1v) is 8.11. The maximum atomic E-state index is 12.9. The highest BCUT2D eigenvalue weighted by atomic mass is 19.4. The van der Waals surface area contributed by atoms with Crippen molar-refractivity contribution in [1.82, 2.24) is 24.2 Å². The van der Waals surface area contributed by atoms with Crippen molar-refractivity contribution >= 4 is 23.2 Å². The maximum Gasteiger partial charge on any atom is 0.504 e. The van der Waals surface area contributed by atoms with Crippen molar-refractivity contribution in [1.29, 1.82) is 0 Å². The molecule has 0 aliphatic heterocycles. The summed E-state index contributed by atoms with van der Waals surface area (Å²) in [5.41, 5.74) is 2.22. The number of fused-ring (bicyclic) bond motifs is 1.